The average Bonchev–Trinajstić information content (AvgIpc) is 2.94. The van der Waals surface area contributed by atoms with Gasteiger partial charge in [0, 0.05) is 25.6 Å². The summed E-state index contributed by atoms with van der Waals surface area (Å²) in [4.78, 5) is 14.3. The van der Waals surface area contributed by atoms with Crippen molar-refractivity contribution in [2.75, 3.05) is 13.1 Å². The number of carbonyl (C=O) groups is 1. The molecule has 1 saturated heterocycles. The van der Waals surface area contributed by atoms with Crippen LogP contribution in [-0.4, -0.2) is 23.8 Å². The van der Waals surface area contributed by atoms with Crippen LogP contribution in [0.15, 0.2) is 42.5 Å². The van der Waals surface area contributed by atoms with Gasteiger partial charge in [-0.3, -0.25) is 9.69 Å². The van der Waals surface area contributed by atoms with E-state index in [1.165, 1.54) is 17.7 Å². The van der Waals surface area contributed by atoms with Crippen molar-refractivity contribution in [3.63, 3.8) is 0 Å². The van der Waals surface area contributed by atoms with Crippen LogP contribution in [-0.2, 0) is 4.79 Å². The number of halogens is 3. The summed E-state index contributed by atoms with van der Waals surface area (Å²) in [5.41, 5.74) is 2.26. The molecule has 0 bridgehead atoms. The van der Waals surface area contributed by atoms with Crippen LogP contribution in [0.3, 0.4) is 0 Å². The van der Waals surface area contributed by atoms with Crippen LogP contribution in [0, 0.1) is 17.7 Å². The zero-order valence-electron chi connectivity index (χ0n) is 15.2. The minimum absolute atomic E-state index is 0.0168. The van der Waals surface area contributed by atoms with Crippen LogP contribution in [0.4, 0.5) is 4.39 Å². The maximum Gasteiger partial charge on any atom is 0.131 e. The molecule has 2 aromatic carbocycles. The smallest absolute Gasteiger partial charge is 0.131 e. The highest BCUT2D eigenvalue weighted by atomic mass is 35.5. The maximum atomic E-state index is 13.3. The van der Waals surface area contributed by atoms with Gasteiger partial charge in [-0.25, -0.2) is 4.39 Å². The normalized spacial score (nSPS) is 25.7. The van der Waals surface area contributed by atoms with Crippen LogP contribution in [0.5, 0.6) is 0 Å². The molecule has 5 heteroatoms. The molecule has 2 aromatic rings. The molecule has 1 aliphatic carbocycles. The standard InChI is InChI=1S/C22H22Cl2FNO/c1-13(27)8-22(14-2-5-17(25)6-3-14)26-11-16-9-18(19(16)12-26)15-4-7-20(23)21(24)10-15/h2-7,10,16,18-19,22H,8-9,11-12H2,1H3. The Kier molecular flexibility index (Phi) is 5.28. The van der Waals surface area contributed by atoms with Crippen molar-refractivity contribution in [3.05, 3.63) is 69.5 Å². The van der Waals surface area contributed by atoms with E-state index >= 15 is 0 Å². The van der Waals surface area contributed by atoms with Gasteiger partial charge in [0.05, 0.1) is 10.0 Å². The summed E-state index contributed by atoms with van der Waals surface area (Å²) in [6.07, 6.45) is 1.60. The molecule has 0 aromatic heterocycles. The summed E-state index contributed by atoms with van der Waals surface area (Å²) < 4.78 is 13.3. The van der Waals surface area contributed by atoms with Crippen molar-refractivity contribution in [1.82, 2.24) is 4.90 Å². The second-order valence-corrected chi connectivity index (χ2v) is 8.68. The highest BCUT2D eigenvalue weighted by Gasteiger charge is 2.49. The molecule has 2 fully saturated rings. The lowest BCUT2D eigenvalue weighted by Crippen LogP contribution is -2.33. The van der Waals surface area contributed by atoms with Crippen LogP contribution in [0.25, 0.3) is 0 Å². The van der Waals surface area contributed by atoms with E-state index in [2.05, 4.69) is 11.0 Å². The lowest BCUT2D eigenvalue weighted by atomic mass is 9.64. The molecule has 2 nitrogen and oxygen atoms in total. The molecule has 1 heterocycles. The van der Waals surface area contributed by atoms with Crippen molar-refractivity contribution in [3.8, 4) is 0 Å². The van der Waals surface area contributed by atoms with Crippen molar-refractivity contribution in [1.29, 1.82) is 0 Å². The predicted molar refractivity (Wildman–Crippen MR) is 107 cm³/mol. The first-order valence-electron chi connectivity index (χ1n) is 9.36. The van der Waals surface area contributed by atoms with Crippen molar-refractivity contribution < 1.29 is 9.18 Å². The average molecular weight is 406 g/mol. The third kappa shape index (κ3) is 3.78. The quantitative estimate of drug-likeness (QED) is 0.617. The first-order valence-corrected chi connectivity index (χ1v) is 10.1. The fourth-order valence-corrected chi connectivity index (χ4v) is 5.04. The number of hydrogen-bond donors (Lipinski definition) is 0. The van der Waals surface area contributed by atoms with Crippen LogP contribution in [0.1, 0.15) is 42.9 Å². The molecule has 0 N–H and O–H groups in total. The molecule has 0 spiro atoms. The molecule has 2 aliphatic rings. The maximum absolute atomic E-state index is 13.3. The predicted octanol–water partition coefficient (Wildman–Crippen LogP) is 5.89. The van der Waals surface area contributed by atoms with Crippen molar-refractivity contribution in [2.24, 2.45) is 11.8 Å². The molecular weight excluding hydrogens is 384 g/mol. The first-order chi connectivity index (χ1) is 12.9. The SMILES string of the molecule is CC(=O)CC(c1ccc(F)cc1)N1CC2CC(c3ccc(Cl)c(Cl)c3)C2C1. The highest BCUT2D eigenvalue weighted by molar-refractivity contribution is 6.42. The Morgan fingerprint density at radius 1 is 1.15 bits per heavy atom. The van der Waals surface area contributed by atoms with Gasteiger partial charge in [0.15, 0.2) is 0 Å². The summed E-state index contributed by atoms with van der Waals surface area (Å²) in [7, 11) is 0. The number of ketones is 1. The van der Waals surface area contributed by atoms with Crippen LogP contribution in [0.2, 0.25) is 10.0 Å². The van der Waals surface area contributed by atoms with E-state index in [0.29, 0.717) is 34.2 Å². The second-order valence-electron chi connectivity index (χ2n) is 7.87. The molecule has 4 atom stereocenters. The summed E-state index contributed by atoms with van der Waals surface area (Å²) in [6.45, 7) is 3.56. The number of hydrogen-bond acceptors (Lipinski definition) is 2. The van der Waals surface area contributed by atoms with E-state index in [-0.39, 0.29) is 17.6 Å². The molecular formula is C22H22Cl2FNO. The third-order valence-electron chi connectivity index (χ3n) is 6.14. The molecule has 4 rings (SSSR count). The number of Topliss-reactive ketones (excluding diaryl/α,β-unsaturated/α-hetero) is 1. The van der Waals surface area contributed by atoms with E-state index < -0.39 is 0 Å². The molecule has 27 heavy (non-hydrogen) atoms. The number of likely N-dealkylation sites (tertiary alicyclic amines) is 1. The molecule has 4 unspecified atom stereocenters. The van der Waals surface area contributed by atoms with E-state index in [1.54, 1.807) is 19.1 Å². The summed E-state index contributed by atoms with van der Waals surface area (Å²) >= 11 is 12.3. The Hall–Kier alpha value is -1.42. The topological polar surface area (TPSA) is 20.3 Å². The lowest BCUT2D eigenvalue weighted by molar-refractivity contribution is -0.118. The Balaban J connectivity index is 1.52. The van der Waals surface area contributed by atoms with Gasteiger partial charge >= 0.3 is 0 Å². The van der Waals surface area contributed by atoms with E-state index in [0.717, 1.165) is 25.1 Å². The first kappa shape index (κ1) is 18.9. The monoisotopic (exact) mass is 405 g/mol. The Morgan fingerprint density at radius 2 is 1.89 bits per heavy atom. The summed E-state index contributed by atoms with van der Waals surface area (Å²) in [5.74, 6) is 1.60. The minimum Gasteiger partial charge on any atom is -0.300 e. The largest absolute Gasteiger partial charge is 0.300 e. The fraction of sp³-hybridized carbons (Fsp3) is 0.409. The van der Waals surface area contributed by atoms with Gasteiger partial charge in [-0.15, -0.1) is 0 Å². The zero-order valence-corrected chi connectivity index (χ0v) is 16.7. The molecule has 0 amide bonds. The highest BCUT2D eigenvalue weighted by Crippen LogP contribution is 2.53. The fourth-order valence-electron chi connectivity index (χ4n) is 4.74. The van der Waals surface area contributed by atoms with Crippen molar-refractivity contribution in [2.45, 2.75) is 31.7 Å². The van der Waals surface area contributed by atoms with E-state index in [4.69, 9.17) is 23.2 Å². The van der Waals surface area contributed by atoms with Gasteiger partial charge in [-0.2, -0.15) is 0 Å². The Labute approximate surface area is 169 Å². The Morgan fingerprint density at radius 3 is 2.56 bits per heavy atom. The van der Waals surface area contributed by atoms with Gasteiger partial charge in [-0.05, 0) is 66.5 Å². The number of benzene rings is 2. The summed E-state index contributed by atoms with van der Waals surface area (Å²) in [5, 5.41) is 1.19. The van der Waals surface area contributed by atoms with Crippen LogP contribution >= 0.6 is 23.2 Å². The molecule has 142 valence electrons. The molecule has 1 aliphatic heterocycles. The van der Waals surface area contributed by atoms with Gasteiger partial charge in [0.1, 0.15) is 11.6 Å². The van der Waals surface area contributed by atoms with E-state index in [1.807, 2.05) is 12.1 Å². The molecule has 0 radical (unpaired) electrons. The second kappa shape index (κ2) is 7.54. The number of rotatable bonds is 5. The third-order valence-corrected chi connectivity index (χ3v) is 6.88. The number of carbonyl (C=O) groups excluding carboxylic acids is 1. The van der Waals surface area contributed by atoms with Gasteiger partial charge in [0.2, 0.25) is 0 Å². The zero-order chi connectivity index (χ0) is 19.1. The van der Waals surface area contributed by atoms with Gasteiger partial charge < -0.3 is 0 Å². The van der Waals surface area contributed by atoms with E-state index in [9.17, 15) is 9.18 Å². The van der Waals surface area contributed by atoms with Gasteiger partial charge in [-0.1, -0.05) is 41.4 Å². The minimum atomic E-state index is -0.249. The van der Waals surface area contributed by atoms with Gasteiger partial charge in [0.25, 0.3) is 0 Å². The summed E-state index contributed by atoms with van der Waals surface area (Å²) in [6, 6.07) is 12.5. The van der Waals surface area contributed by atoms with Crippen LogP contribution < -0.4 is 0 Å². The number of fused-ring (bicyclic) bond motifs is 1. The number of nitrogens with zero attached hydrogens (tertiary/aromatic N) is 1. The Bertz CT molecular complexity index is 854. The lowest BCUT2D eigenvalue weighted by Gasteiger charge is -2.40. The van der Waals surface area contributed by atoms with Crippen molar-refractivity contribution >= 4 is 29.0 Å². The molecule has 1 saturated carbocycles.